The summed E-state index contributed by atoms with van der Waals surface area (Å²) in [5, 5.41) is 0. The zero-order valence-corrected chi connectivity index (χ0v) is 13.7. The fourth-order valence-electron chi connectivity index (χ4n) is 3.01. The van der Waals surface area contributed by atoms with Crippen LogP contribution in [0.5, 0.6) is 5.75 Å². The molecule has 110 valence electrons. The fourth-order valence-corrected chi connectivity index (χ4v) is 3.35. The molecule has 0 saturated heterocycles. The summed E-state index contributed by atoms with van der Waals surface area (Å²) in [6.45, 7) is 2.25. The van der Waals surface area contributed by atoms with Crippen LogP contribution in [0.3, 0.4) is 0 Å². The fraction of sp³-hybridized carbons (Fsp3) is 0.333. The van der Waals surface area contributed by atoms with Gasteiger partial charge in [-0.1, -0.05) is 59.3 Å². The number of hydrogen-bond donors (Lipinski definition) is 1. The summed E-state index contributed by atoms with van der Waals surface area (Å²) < 4.78 is 7.20. The molecule has 1 heterocycles. The van der Waals surface area contributed by atoms with Gasteiger partial charge in [0.25, 0.3) is 0 Å². The Morgan fingerprint density at radius 3 is 2.76 bits per heavy atom. The predicted molar refractivity (Wildman–Crippen MR) is 89.6 cm³/mol. The highest BCUT2D eigenvalue weighted by Gasteiger charge is 2.27. The first kappa shape index (κ1) is 14.6. The highest BCUT2D eigenvalue weighted by Crippen LogP contribution is 2.37. The summed E-state index contributed by atoms with van der Waals surface area (Å²) in [6.07, 6.45) is 2.05. The molecule has 2 nitrogen and oxygen atoms in total. The molecule has 0 amide bonds. The van der Waals surface area contributed by atoms with Crippen LogP contribution < -0.4 is 10.5 Å². The largest absolute Gasteiger partial charge is 0.490 e. The van der Waals surface area contributed by atoms with Crippen LogP contribution in [0.2, 0.25) is 0 Å². The highest BCUT2D eigenvalue weighted by atomic mass is 79.9. The molecule has 0 radical (unpaired) electrons. The normalized spacial score (nSPS) is 22.2. The van der Waals surface area contributed by atoms with E-state index in [4.69, 9.17) is 10.5 Å². The standard InChI is InChI=1S/C18H20BrNO/c1-12(13-5-3-2-4-6-13)9-15-11-17(20)16-8-7-14(19)10-18(16)21-15/h2-8,10,12,15,17H,9,11,20H2,1H3/t12?,15?,17-/m1/s1. The van der Waals surface area contributed by atoms with Crippen LogP contribution in [-0.4, -0.2) is 6.10 Å². The van der Waals surface area contributed by atoms with Crippen molar-refractivity contribution in [2.45, 2.75) is 37.8 Å². The molecule has 2 N–H and O–H groups in total. The molecule has 2 aromatic carbocycles. The van der Waals surface area contributed by atoms with E-state index in [1.165, 1.54) is 5.56 Å². The molecule has 2 aromatic rings. The van der Waals surface area contributed by atoms with Crippen LogP contribution in [0.15, 0.2) is 53.0 Å². The van der Waals surface area contributed by atoms with Crippen LogP contribution in [0.4, 0.5) is 0 Å². The van der Waals surface area contributed by atoms with Crippen molar-refractivity contribution in [3.63, 3.8) is 0 Å². The smallest absolute Gasteiger partial charge is 0.125 e. The Labute approximate surface area is 134 Å². The molecule has 0 saturated carbocycles. The van der Waals surface area contributed by atoms with E-state index in [2.05, 4.69) is 59.3 Å². The van der Waals surface area contributed by atoms with Crippen molar-refractivity contribution in [1.82, 2.24) is 0 Å². The Hall–Kier alpha value is -1.32. The molecule has 1 aliphatic heterocycles. The van der Waals surface area contributed by atoms with Gasteiger partial charge in [-0.05, 0) is 30.0 Å². The summed E-state index contributed by atoms with van der Waals surface area (Å²) in [5.41, 5.74) is 8.77. The van der Waals surface area contributed by atoms with Gasteiger partial charge in [0.15, 0.2) is 0 Å². The minimum atomic E-state index is 0.0647. The Kier molecular flexibility index (Phi) is 4.32. The quantitative estimate of drug-likeness (QED) is 0.867. The average molecular weight is 346 g/mol. The van der Waals surface area contributed by atoms with Gasteiger partial charge in [0.2, 0.25) is 0 Å². The SMILES string of the molecule is CC(CC1C[C@@H](N)c2ccc(Br)cc2O1)c1ccccc1. The van der Waals surface area contributed by atoms with Crippen LogP contribution in [-0.2, 0) is 0 Å². The first-order chi connectivity index (χ1) is 10.1. The average Bonchev–Trinajstić information content (AvgIpc) is 2.47. The first-order valence-electron chi connectivity index (χ1n) is 7.40. The summed E-state index contributed by atoms with van der Waals surface area (Å²) in [6, 6.07) is 16.8. The minimum Gasteiger partial charge on any atom is -0.490 e. The predicted octanol–water partition coefficient (Wildman–Crippen LogP) is 4.79. The lowest BCUT2D eigenvalue weighted by molar-refractivity contribution is 0.143. The second-order valence-corrected chi connectivity index (χ2v) is 6.73. The van der Waals surface area contributed by atoms with E-state index < -0.39 is 0 Å². The van der Waals surface area contributed by atoms with E-state index in [0.717, 1.165) is 28.6 Å². The third kappa shape index (κ3) is 3.30. The lowest BCUT2D eigenvalue weighted by Gasteiger charge is -2.32. The molecule has 0 aromatic heterocycles. The highest BCUT2D eigenvalue weighted by molar-refractivity contribution is 9.10. The molecule has 1 aliphatic rings. The van der Waals surface area contributed by atoms with Crippen LogP contribution in [0, 0.1) is 0 Å². The number of rotatable bonds is 3. The van der Waals surface area contributed by atoms with E-state index in [1.54, 1.807) is 0 Å². The molecule has 0 aliphatic carbocycles. The lowest BCUT2D eigenvalue weighted by Crippen LogP contribution is -2.30. The van der Waals surface area contributed by atoms with Gasteiger partial charge in [-0.3, -0.25) is 0 Å². The monoisotopic (exact) mass is 345 g/mol. The lowest BCUT2D eigenvalue weighted by atomic mass is 9.89. The van der Waals surface area contributed by atoms with Crippen LogP contribution >= 0.6 is 15.9 Å². The number of benzene rings is 2. The molecule has 0 bridgehead atoms. The van der Waals surface area contributed by atoms with E-state index in [1.807, 2.05) is 12.1 Å². The van der Waals surface area contributed by atoms with Crippen molar-refractivity contribution in [3.05, 3.63) is 64.1 Å². The molecule has 2 unspecified atom stereocenters. The van der Waals surface area contributed by atoms with Crippen molar-refractivity contribution < 1.29 is 4.74 Å². The van der Waals surface area contributed by atoms with Crippen molar-refractivity contribution in [1.29, 1.82) is 0 Å². The maximum Gasteiger partial charge on any atom is 0.125 e. The molecule has 0 spiro atoms. The van der Waals surface area contributed by atoms with Gasteiger partial charge >= 0.3 is 0 Å². The maximum absolute atomic E-state index is 6.31. The van der Waals surface area contributed by atoms with Crippen molar-refractivity contribution >= 4 is 15.9 Å². The van der Waals surface area contributed by atoms with Gasteiger partial charge in [-0.15, -0.1) is 0 Å². The summed E-state index contributed by atoms with van der Waals surface area (Å²) in [7, 11) is 0. The molecule has 3 atom stereocenters. The van der Waals surface area contributed by atoms with Crippen molar-refractivity contribution in [2.75, 3.05) is 0 Å². The second-order valence-electron chi connectivity index (χ2n) is 5.81. The van der Waals surface area contributed by atoms with Crippen LogP contribution in [0.25, 0.3) is 0 Å². The Morgan fingerprint density at radius 2 is 2.00 bits per heavy atom. The minimum absolute atomic E-state index is 0.0647. The zero-order valence-electron chi connectivity index (χ0n) is 12.1. The zero-order chi connectivity index (χ0) is 14.8. The van der Waals surface area contributed by atoms with E-state index >= 15 is 0 Å². The van der Waals surface area contributed by atoms with Gasteiger partial charge in [0.1, 0.15) is 11.9 Å². The summed E-state index contributed by atoms with van der Waals surface area (Å²) >= 11 is 3.50. The van der Waals surface area contributed by atoms with Gasteiger partial charge in [0.05, 0.1) is 0 Å². The van der Waals surface area contributed by atoms with Crippen LogP contribution in [0.1, 0.15) is 42.9 Å². The van der Waals surface area contributed by atoms with Gasteiger partial charge in [-0.2, -0.15) is 0 Å². The number of hydrogen-bond acceptors (Lipinski definition) is 2. The molecular weight excluding hydrogens is 326 g/mol. The third-order valence-electron chi connectivity index (χ3n) is 4.17. The Bertz CT molecular complexity index is 614. The van der Waals surface area contributed by atoms with Gasteiger partial charge in [-0.25, -0.2) is 0 Å². The molecular formula is C18H20BrNO. The maximum atomic E-state index is 6.31. The third-order valence-corrected chi connectivity index (χ3v) is 4.66. The molecule has 21 heavy (non-hydrogen) atoms. The number of nitrogens with two attached hydrogens (primary N) is 1. The molecule has 3 heteroatoms. The summed E-state index contributed by atoms with van der Waals surface area (Å²) in [4.78, 5) is 0. The second kappa shape index (κ2) is 6.20. The number of ether oxygens (including phenoxy) is 1. The van der Waals surface area contributed by atoms with Crippen molar-refractivity contribution in [2.24, 2.45) is 5.73 Å². The van der Waals surface area contributed by atoms with E-state index in [-0.39, 0.29) is 12.1 Å². The molecule has 0 fully saturated rings. The molecule has 3 rings (SSSR count). The van der Waals surface area contributed by atoms with Gasteiger partial charge < -0.3 is 10.5 Å². The van der Waals surface area contributed by atoms with E-state index in [0.29, 0.717) is 5.92 Å². The van der Waals surface area contributed by atoms with Crippen molar-refractivity contribution in [3.8, 4) is 5.75 Å². The topological polar surface area (TPSA) is 35.2 Å². The van der Waals surface area contributed by atoms with Gasteiger partial charge in [0, 0.05) is 22.5 Å². The number of halogens is 1. The number of fused-ring (bicyclic) bond motifs is 1. The Morgan fingerprint density at radius 1 is 1.24 bits per heavy atom. The Balaban J connectivity index is 1.74. The van der Waals surface area contributed by atoms with E-state index in [9.17, 15) is 0 Å². The summed E-state index contributed by atoms with van der Waals surface area (Å²) in [5.74, 6) is 1.39. The first-order valence-corrected chi connectivity index (χ1v) is 8.19.